The molecule has 5 nitrogen and oxygen atoms in total. The number of aromatic hydroxyl groups is 1. The Bertz CT molecular complexity index is 794. The van der Waals surface area contributed by atoms with Crippen LogP contribution in [0.1, 0.15) is 12.5 Å². The number of phenolic OH excluding ortho intramolecular Hbond substituents is 1. The number of fused-ring (bicyclic) bond motifs is 1. The number of nitrogens with one attached hydrogen (secondary N) is 1. The van der Waals surface area contributed by atoms with E-state index in [1.165, 1.54) is 6.92 Å². The number of amides is 1. The molecule has 1 heterocycles. The topological polar surface area (TPSA) is 67.2 Å². The Labute approximate surface area is 121 Å². The lowest BCUT2D eigenvalue weighted by Crippen LogP contribution is -2.12. The van der Waals surface area contributed by atoms with E-state index in [2.05, 4.69) is 10.3 Å². The van der Waals surface area contributed by atoms with Crippen molar-refractivity contribution in [2.45, 2.75) is 13.5 Å². The largest absolute Gasteiger partial charge is 0.508 e. The number of rotatable bonds is 3. The molecule has 21 heavy (non-hydrogen) atoms. The summed E-state index contributed by atoms with van der Waals surface area (Å²) in [7, 11) is 0. The molecule has 1 amide bonds. The Balaban J connectivity index is 2.12. The number of carbonyl (C=O) groups excluding carboxylic acids is 1. The van der Waals surface area contributed by atoms with Gasteiger partial charge in [0.05, 0.1) is 17.6 Å². The van der Waals surface area contributed by atoms with Gasteiger partial charge in [-0.25, -0.2) is 4.98 Å². The first-order valence-corrected chi connectivity index (χ1v) is 6.64. The van der Waals surface area contributed by atoms with Crippen LogP contribution in [0.5, 0.6) is 5.75 Å². The fourth-order valence-electron chi connectivity index (χ4n) is 2.29. The predicted octanol–water partition coefficient (Wildman–Crippen LogP) is 2.75. The summed E-state index contributed by atoms with van der Waals surface area (Å²) in [6.45, 7) is 2.01. The second-order valence-corrected chi connectivity index (χ2v) is 4.86. The number of hydrogen-bond donors (Lipinski definition) is 2. The van der Waals surface area contributed by atoms with Crippen molar-refractivity contribution in [1.29, 1.82) is 0 Å². The normalized spacial score (nSPS) is 10.7. The highest BCUT2D eigenvalue weighted by Gasteiger charge is 2.12. The Morgan fingerprint density at radius 2 is 2.00 bits per heavy atom. The molecule has 0 spiro atoms. The van der Waals surface area contributed by atoms with Crippen molar-refractivity contribution in [2.75, 3.05) is 5.32 Å². The number of carbonyl (C=O) groups is 1. The molecule has 0 aliphatic heterocycles. The molecule has 5 heteroatoms. The summed E-state index contributed by atoms with van der Waals surface area (Å²) >= 11 is 0. The van der Waals surface area contributed by atoms with E-state index in [9.17, 15) is 9.90 Å². The molecule has 0 saturated carbocycles. The highest BCUT2D eigenvalue weighted by Crippen LogP contribution is 2.24. The van der Waals surface area contributed by atoms with E-state index in [0.29, 0.717) is 12.5 Å². The zero-order chi connectivity index (χ0) is 14.8. The molecule has 0 aliphatic carbocycles. The van der Waals surface area contributed by atoms with E-state index in [1.54, 1.807) is 18.2 Å². The third kappa shape index (κ3) is 2.72. The van der Waals surface area contributed by atoms with Crippen LogP contribution in [0.15, 0.2) is 48.5 Å². The smallest absolute Gasteiger partial charge is 0.223 e. The summed E-state index contributed by atoms with van der Waals surface area (Å²) in [5, 5.41) is 12.4. The Kier molecular flexibility index (Phi) is 3.31. The number of aromatic nitrogens is 2. The third-order valence-corrected chi connectivity index (χ3v) is 3.20. The van der Waals surface area contributed by atoms with Crippen LogP contribution in [0, 0.1) is 0 Å². The fourth-order valence-corrected chi connectivity index (χ4v) is 2.29. The molecule has 2 N–H and O–H groups in total. The molecular formula is C16H15N3O2. The summed E-state index contributed by atoms with van der Waals surface area (Å²) < 4.78 is 1.88. The first-order valence-electron chi connectivity index (χ1n) is 6.64. The van der Waals surface area contributed by atoms with Crippen molar-refractivity contribution in [2.24, 2.45) is 0 Å². The SMILES string of the molecule is CC(=O)Nc1nc2ccc(O)cc2n1Cc1ccccc1. The lowest BCUT2D eigenvalue weighted by atomic mass is 10.2. The molecule has 0 radical (unpaired) electrons. The molecule has 3 aromatic rings. The van der Waals surface area contributed by atoms with Gasteiger partial charge < -0.3 is 9.67 Å². The highest BCUT2D eigenvalue weighted by molar-refractivity contribution is 5.90. The zero-order valence-corrected chi connectivity index (χ0v) is 11.6. The van der Waals surface area contributed by atoms with Crippen molar-refractivity contribution in [3.8, 4) is 5.75 Å². The zero-order valence-electron chi connectivity index (χ0n) is 11.6. The predicted molar refractivity (Wildman–Crippen MR) is 81.2 cm³/mol. The molecule has 0 bridgehead atoms. The van der Waals surface area contributed by atoms with Gasteiger partial charge in [-0.3, -0.25) is 10.1 Å². The number of nitrogens with zero attached hydrogens (tertiary/aromatic N) is 2. The Hall–Kier alpha value is -2.82. The summed E-state index contributed by atoms with van der Waals surface area (Å²) in [6.07, 6.45) is 0. The number of benzene rings is 2. The van der Waals surface area contributed by atoms with Gasteiger partial charge in [0.2, 0.25) is 11.9 Å². The van der Waals surface area contributed by atoms with Crippen LogP contribution in [-0.2, 0) is 11.3 Å². The lowest BCUT2D eigenvalue weighted by molar-refractivity contribution is -0.114. The van der Waals surface area contributed by atoms with Gasteiger partial charge >= 0.3 is 0 Å². The molecule has 3 rings (SSSR count). The molecule has 0 atom stereocenters. The quantitative estimate of drug-likeness (QED) is 0.775. The number of imidazole rings is 1. The van der Waals surface area contributed by atoms with Crippen LogP contribution in [0.3, 0.4) is 0 Å². The summed E-state index contributed by atoms with van der Waals surface area (Å²) in [5.41, 5.74) is 2.60. The summed E-state index contributed by atoms with van der Waals surface area (Å²) in [5.74, 6) is 0.474. The number of phenols is 1. The molecule has 0 fully saturated rings. The molecule has 1 aromatic heterocycles. The maximum atomic E-state index is 11.3. The van der Waals surface area contributed by atoms with Crippen LogP contribution >= 0.6 is 0 Å². The number of hydrogen-bond acceptors (Lipinski definition) is 3. The van der Waals surface area contributed by atoms with E-state index in [0.717, 1.165) is 16.6 Å². The maximum Gasteiger partial charge on any atom is 0.223 e. The summed E-state index contributed by atoms with van der Waals surface area (Å²) in [6, 6.07) is 14.9. The molecular weight excluding hydrogens is 266 g/mol. The Morgan fingerprint density at radius 3 is 2.71 bits per heavy atom. The van der Waals surface area contributed by atoms with Gasteiger partial charge in [0, 0.05) is 13.0 Å². The van der Waals surface area contributed by atoms with E-state index in [4.69, 9.17) is 0 Å². The molecule has 0 unspecified atom stereocenters. The first kappa shape index (κ1) is 13.2. The first-order chi connectivity index (χ1) is 10.1. The number of anilines is 1. The van der Waals surface area contributed by atoms with Gasteiger partial charge in [-0.1, -0.05) is 30.3 Å². The Morgan fingerprint density at radius 1 is 1.24 bits per heavy atom. The van der Waals surface area contributed by atoms with E-state index in [1.807, 2.05) is 34.9 Å². The van der Waals surface area contributed by atoms with Crippen LogP contribution in [0.2, 0.25) is 0 Å². The van der Waals surface area contributed by atoms with Crippen molar-refractivity contribution in [1.82, 2.24) is 9.55 Å². The van der Waals surface area contributed by atoms with Crippen molar-refractivity contribution < 1.29 is 9.90 Å². The van der Waals surface area contributed by atoms with Gasteiger partial charge in [0.15, 0.2) is 0 Å². The van der Waals surface area contributed by atoms with E-state index in [-0.39, 0.29) is 11.7 Å². The van der Waals surface area contributed by atoms with Gasteiger partial charge in [-0.15, -0.1) is 0 Å². The average molecular weight is 281 g/mol. The second-order valence-electron chi connectivity index (χ2n) is 4.86. The minimum absolute atomic E-state index is 0.172. The maximum absolute atomic E-state index is 11.3. The van der Waals surface area contributed by atoms with E-state index < -0.39 is 0 Å². The third-order valence-electron chi connectivity index (χ3n) is 3.20. The van der Waals surface area contributed by atoms with Crippen molar-refractivity contribution >= 4 is 22.9 Å². The molecule has 106 valence electrons. The van der Waals surface area contributed by atoms with Gasteiger partial charge in [0.1, 0.15) is 5.75 Å². The highest BCUT2D eigenvalue weighted by atomic mass is 16.3. The van der Waals surface area contributed by atoms with Crippen molar-refractivity contribution in [3.05, 3.63) is 54.1 Å². The fraction of sp³-hybridized carbons (Fsp3) is 0.125. The van der Waals surface area contributed by atoms with Crippen LogP contribution in [-0.4, -0.2) is 20.6 Å². The minimum atomic E-state index is -0.177. The monoisotopic (exact) mass is 281 g/mol. The standard InChI is InChI=1S/C16H15N3O2/c1-11(20)17-16-18-14-8-7-13(21)9-15(14)19(16)10-12-5-3-2-4-6-12/h2-9,21H,10H2,1H3,(H,17,18,20). The second kappa shape index (κ2) is 5.28. The van der Waals surface area contributed by atoms with Crippen LogP contribution in [0.25, 0.3) is 11.0 Å². The van der Waals surface area contributed by atoms with Gasteiger partial charge in [-0.05, 0) is 17.7 Å². The van der Waals surface area contributed by atoms with Crippen molar-refractivity contribution in [3.63, 3.8) is 0 Å². The van der Waals surface area contributed by atoms with Crippen LogP contribution < -0.4 is 5.32 Å². The molecule has 2 aromatic carbocycles. The molecule has 0 saturated heterocycles. The van der Waals surface area contributed by atoms with Gasteiger partial charge in [0.25, 0.3) is 0 Å². The summed E-state index contributed by atoms with van der Waals surface area (Å²) in [4.78, 5) is 15.8. The lowest BCUT2D eigenvalue weighted by Gasteiger charge is -2.09. The van der Waals surface area contributed by atoms with E-state index >= 15 is 0 Å². The average Bonchev–Trinajstić information content (AvgIpc) is 2.77. The molecule has 0 aliphatic rings. The van der Waals surface area contributed by atoms with Gasteiger partial charge in [-0.2, -0.15) is 0 Å². The van der Waals surface area contributed by atoms with Crippen LogP contribution in [0.4, 0.5) is 5.95 Å². The minimum Gasteiger partial charge on any atom is -0.508 e.